The summed E-state index contributed by atoms with van der Waals surface area (Å²) >= 11 is 0. The van der Waals surface area contributed by atoms with Crippen LogP contribution < -0.4 is 69.3 Å². The number of carbonyl (C=O) groups excluding carboxylic acids is 2. The molecule has 0 rings (SSSR count). The quantitative estimate of drug-likeness (QED) is 0.463. The Morgan fingerprint density at radius 3 is 1.22 bits per heavy atom. The van der Waals surface area contributed by atoms with Crippen LogP contribution in [0.4, 0.5) is 0 Å². The summed E-state index contributed by atoms with van der Waals surface area (Å²) in [6, 6.07) is 0. The van der Waals surface area contributed by atoms with Crippen LogP contribution >= 0.6 is 0 Å². The van der Waals surface area contributed by atoms with E-state index in [1.54, 1.807) is 0 Å². The molecule has 0 aromatic carbocycles. The average molecular weight is 290 g/mol. The summed E-state index contributed by atoms with van der Waals surface area (Å²) in [5.41, 5.74) is -2.86. The van der Waals surface area contributed by atoms with Gasteiger partial charge in [0.15, 0.2) is 5.60 Å². The Morgan fingerprint density at radius 1 is 0.889 bits per heavy atom. The van der Waals surface area contributed by atoms with E-state index in [4.69, 9.17) is 10.2 Å². The molecule has 0 unspecified atom stereocenters. The van der Waals surface area contributed by atoms with Crippen molar-refractivity contribution in [2.75, 3.05) is 0 Å². The summed E-state index contributed by atoms with van der Waals surface area (Å²) in [7, 11) is 0. The molecule has 0 radical (unpaired) electrons. The zero-order chi connectivity index (χ0) is 10.6. The normalized spacial score (nSPS) is 7.83. The van der Waals surface area contributed by atoms with Crippen molar-refractivity contribution in [1.29, 1.82) is 0 Å². The van der Waals surface area contributed by atoms with Crippen LogP contribution in [0, 0.1) is 0 Å². The molecule has 0 heterocycles. The molecule has 0 aliphatic rings. The molecular weight excluding hydrogens is 278 g/mol. The van der Waals surface area contributed by atoms with E-state index >= 15 is 0 Å². The number of aliphatic hydroxyl groups is 1. The summed E-state index contributed by atoms with van der Waals surface area (Å²) in [6.07, 6.45) is -2.59. The summed E-state index contributed by atoms with van der Waals surface area (Å²) in [4.78, 5) is 30.2. The van der Waals surface area contributed by atoms with Crippen molar-refractivity contribution in [2.24, 2.45) is 0 Å². The fourth-order valence-corrected chi connectivity index (χ4v) is 0.691. The van der Waals surface area contributed by atoms with Crippen LogP contribution in [0.1, 0.15) is 12.8 Å². The molecule has 98 valence electrons. The minimum Gasteiger partial charge on any atom is -0.550 e. The Kier molecular flexibility index (Phi) is 30.8. The van der Waals surface area contributed by atoms with Gasteiger partial charge in [-0.15, -0.1) is 0 Å². The largest absolute Gasteiger partial charge is 1.00 e. The third kappa shape index (κ3) is 14.3. The molecule has 0 aromatic heterocycles. The molecule has 12 heteroatoms. The van der Waals surface area contributed by atoms with E-state index < -0.39 is 36.4 Å². The summed E-state index contributed by atoms with van der Waals surface area (Å²) < 4.78 is 0. The van der Waals surface area contributed by atoms with Gasteiger partial charge in [-0.2, -0.15) is 0 Å². The molecule has 0 aliphatic heterocycles. The van der Waals surface area contributed by atoms with Gasteiger partial charge in [0.2, 0.25) is 0 Å². The Labute approximate surface area is 145 Å². The molecule has 10 nitrogen and oxygen atoms in total. The van der Waals surface area contributed by atoms with Crippen molar-refractivity contribution >= 4 is 17.9 Å². The van der Waals surface area contributed by atoms with E-state index in [-0.39, 0.29) is 75.5 Å². The number of hydrogen-bond acceptors (Lipinski definition) is 6. The maximum atomic E-state index is 10.3. The van der Waals surface area contributed by atoms with E-state index in [2.05, 4.69) is 0 Å². The molecule has 18 heavy (non-hydrogen) atoms. The summed E-state index contributed by atoms with van der Waals surface area (Å²) in [6.45, 7) is 0. The van der Waals surface area contributed by atoms with Crippen LogP contribution in [0.2, 0.25) is 0 Å². The second kappa shape index (κ2) is 15.3. The second-order valence-electron chi connectivity index (χ2n) is 2.43. The fraction of sp³-hybridized carbons (Fsp3) is 0.500. The number of carboxylic acids is 3. The first kappa shape index (κ1) is 36.2. The number of carbonyl (C=O) groups is 3. The monoisotopic (exact) mass is 290 g/mol. The second-order valence-corrected chi connectivity index (χ2v) is 2.43. The van der Waals surface area contributed by atoms with Crippen LogP contribution in [0.3, 0.4) is 0 Å². The molecule has 0 fully saturated rings. The topological polar surface area (TPSA) is 232 Å². The maximum Gasteiger partial charge on any atom is 1.00 e. The molecule has 0 saturated carbocycles. The molecule has 0 spiro atoms. The Morgan fingerprint density at radius 2 is 1.11 bits per heavy atom. The first-order valence-electron chi connectivity index (χ1n) is 3.13. The zero-order valence-electron chi connectivity index (χ0n) is 9.85. The number of carboxylic acid groups (broad SMARTS) is 3. The Bertz CT molecular complexity index is 239. The van der Waals surface area contributed by atoms with Crippen molar-refractivity contribution in [3.63, 3.8) is 0 Å². The smallest absolute Gasteiger partial charge is 0.550 e. The van der Waals surface area contributed by atoms with E-state index in [1.807, 2.05) is 0 Å². The fourth-order valence-electron chi connectivity index (χ4n) is 0.691. The molecule has 0 amide bonds. The number of hydrogen-bond donors (Lipinski definition) is 2. The predicted molar refractivity (Wildman–Crippen MR) is 42.7 cm³/mol. The third-order valence-corrected chi connectivity index (χ3v) is 1.27. The van der Waals surface area contributed by atoms with Gasteiger partial charge in [-0.1, -0.05) is 0 Å². The van der Waals surface area contributed by atoms with Gasteiger partial charge in [0.25, 0.3) is 0 Å². The standard InChI is InChI=1S/C6H8O7.2Na.3H2O/c7-3(8)1-6(13,5(11)12)2-4(9)10;;;;;/h13H,1-2H2,(H,7,8)(H,9,10)(H,11,12);;;3*1H2/q;2*+1;;;/p-2. The molecule has 0 saturated heterocycles. The van der Waals surface area contributed by atoms with Gasteiger partial charge >= 0.3 is 65.1 Å². The van der Waals surface area contributed by atoms with Crippen LogP contribution in [0.15, 0.2) is 0 Å². The van der Waals surface area contributed by atoms with Crippen LogP contribution in [-0.2, 0) is 14.4 Å². The molecule has 0 aliphatic carbocycles. The number of rotatable bonds is 5. The van der Waals surface area contributed by atoms with Gasteiger partial charge in [-0.3, -0.25) is 0 Å². The van der Waals surface area contributed by atoms with Crippen molar-refractivity contribution in [3.8, 4) is 0 Å². The van der Waals surface area contributed by atoms with Gasteiger partial charge < -0.3 is 46.4 Å². The minimum atomic E-state index is -2.86. The average Bonchev–Trinajstić information content (AvgIpc) is 1.82. The van der Waals surface area contributed by atoms with Gasteiger partial charge in [-0.25, -0.2) is 4.79 Å². The van der Waals surface area contributed by atoms with Gasteiger partial charge in [0.05, 0.1) is 0 Å². The van der Waals surface area contributed by atoms with E-state index in [0.717, 1.165) is 0 Å². The van der Waals surface area contributed by atoms with E-state index in [1.165, 1.54) is 0 Å². The van der Waals surface area contributed by atoms with E-state index in [0.29, 0.717) is 0 Å². The number of aliphatic carboxylic acids is 3. The van der Waals surface area contributed by atoms with Crippen LogP contribution in [0.5, 0.6) is 0 Å². The summed E-state index contributed by atoms with van der Waals surface area (Å²) in [5, 5.41) is 37.2. The molecule has 0 atom stereocenters. The van der Waals surface area contributed by atoms with Crippen molar-refractivity contribution < 1.29 is 110 Å². The van der Waals surface area contributed by atoms with Crippen molar-refractivity contribution in [2.45, 2.75) is 18.4 Å². The van der Waals surface area contributed by atoms with Crippen LogP contribution in [-0.4, -0.2) is 50.2 Å². The summed E-state index contributed by atoms with van der Waals surface area (Å²) in [5.74, 6) is -5.65. The molecule has 8 N–H and O–H groups in total. The zero-order valence-corrected chi connectivity index (χ0v) is 13.8. The van der Waals surface area contributed by atoms with Crippen LogP contribution in [0.25, 0.3) is 0 Å². The minimum absolute atomic E-state index is 0. The van der Waals surface area contributed by atoms with E-state index in [9.17, 15) is 24.6 Å². The Hall–Kier alpha value is 0.250. The Balaban J connectivity index is -0.0000000720. The SMILES string of the molecule is O.O.O.O=C([O-])CC(O)(CC(=O)[O-])C(=O)O.[Na+].[Na+]. The van der Waals surface area contributed by atoms with Gasteiger partial charge in [0.1, 0.15) is 0 Å². The first-order chi connectivity index (χ1) is 5.78. The first-order valence-corrected chi connectivity index (χ1v) is 3.13. The molecule has 0 aromatic rings. The van der Waals surface area contributed by atoms with Crippen molar-refractivity contribution in [3.05, 3.63) is 0 Å². The third-order valence-electron chi connectivity index (χ3n) is 1.27. The molecule has 0 bridgehead atoms. The molecular formula is C6H12Na2O10. The predicted octanol–water partition coefficient (Wildman–Crippen LogP) is -12.4. The van der Waals surface area contributed by atoms with Gasteiger partial charge in [0, 0.05) is 24.8 Å². The maximum absolute atomic E-state index is 10.3. The van der Waals surface area contributed by atoms with Gasteiger partial charge in [-0.05, 0) is 0 Å². The van der Waals surface area contributed by atoms with Crippen molar-refractivity contribution in [1.82, 2.24) is 0 Å².